The minimum absolute atomic E-state index is 0.0321. The number of anilines is 1. The number of carbonyl (C=O) groups excluding carboxylic acids is 1. The van der Waals surface area contributed by atoms with Gasteiger partial charge in [-0.3, -0.25) is 13.9 Å². The van der Waals surface area contributed by atoms with Gasteiger partial charge >= 0.3 is 11.8 Å². The first-order valence-electron chi connectivity index (χ1n) is 14.0. The average molecular weight is 573 g/mol. The van der Waals surface area contributed by atoms with E-state index in [1.165, 1.54) is 4.57 Å². The highest BCUT2D eigenvalue weighted by Crippen LogP contribution is 2.25. The topological polar surface area (TPSA) is 129 Å². The summed E-state index contributed by atoms with van der Waals surface area (Å²) in [4.78, 5) is 55.9. The number of fused-ring (bicyclic) bond motifs is 2. The van der Waals surface area contributed by atoms with Crippen LogP contribution in [-0.4, -0.2) is 59.5 Å². The summed E-state index contributed by atoms with van der Waals surface area (Å²) in [5.41, 5.74) is 0.567. The van der Waals surface area contributed by atoms with Crippen LogP contribution in [0, 0.1) is 18.8 Å². The number of piperidine rings is 1. The number of ether oxygens (including phenoxy) is 1. The quantitative estimate of drug-likeness (QED) is 0.362. The molecule has 0 spiro atoms. The summed E-state index contributed by atoms with van der Waals surface area (Å²) in [6.07, 6.45) is 1.07. The van der Waals surface area contributed by atoms with Crippen molar-refractivity contribution in [2.75, 3.05) is 18.0 Å². The Bertz CT molecular complexity index is 1850. The third kappa shape index (κ3) is 5.72. The second-order valence-corrected chi connectivity index (χ2v) is 11.5. The number of hydrogen-bond donors (Lipinski definition) is 1. The number of aryl methyl sites for hydroxylation is 2. The first kappa shape index (κ1) is 28.9. The molecule has 4 aromatic rings. The van der Waals surface area contributed by atoms with Gasteiger partial charge in [-0.05, 0) is 53.5 Å². The lowest BCUT2D eigenvalue weighted by Crippen LogP contribution is -2.49. The molecular formula is C30H36N8O4. The molecule has 1 N–H and O–H groups in total. The van der Waals surface area contributed by atoms with Crippen LogP contribution in [0.2, 0.25) is 0 Å². The minimum atomic E-state index is -0.614. The molecule has 1 fully saturated rings. The van der Waals surface area contributed by atoms with Gasteiger partial charge in [0.05, 0.1) is 18.6 Å². The lowest BCUT2D eigenvalue weighted by molar-refractivity contribution is 0.0499. The molecule has 0 unspecified atom stereocenters. The number of imidazole rings is 1. The van der Waals surface area contributed by atoms with Crippen molar-refractivity contribution in [3.8, 4) is 11.8 Å². The van der Waals surface area contributed by atoms with Gasteiger partial charge in [-0.2, -0.15) is 4.98 Å². The first-order valence-corrected chi connectivity index (χ1v) is 14.0. The average Bonchev–Trinajstić information content (AvgIpc) is 3.30. The molecular weight excluding hydrogens is 536 g/mol. The van der Waals surface area contributed by atoms with Gasteiger partial charge in [0.2, 0.25) is 5.95 Å². The molecule has 220 valence electrons. The zero-order valence-electron chi connectivity index (χ0n) is 24.9. The molecule has 12 nitrogen and oxygen atoms in total. The smallest absolute Gasteiger partial charge is 0.407 e. The molecule has 42 heavy (non-hydrogen) atoms. The van der Waals surface area contributed by atoms with Crippen LogP contribution < -0.4 is 21.5 Å². The zero-order valence-corrected chi connectivity index (χ0v) is 24.9. The van der Waals surface area contributed by atoms with Gasteiger partial charge in [0.15, 0.2) is 11.2 Å². The predicted molar refractivity (Wildman–Crippen MR) is 161 cm³/mol. The third-order valence-corrected chi connectivity index (χ3v) is 7.19. The maximum Gasteiger partial charge on any atom is 0.407 e. The standard InChI is InChI=1S/C30H36N8O4/c1-7-8-16-37-26(39)24-25(35(6)29(37)41)34-27(36-15-11-12-20(17-36)32-28(40)42-30(3,4)5)38(24)18-23-31-19(2)21-13-9-10-14-22(21)33-23/h9-10,13-14,20H,11-12,15-18H2,1-6H3,(H,32,40)/t20-/m1/s1. The molecule has 1 aromatic carbocycles. The van der Waals surface area contributed by atoms with Crippen LogP contribution in [0.1, 0.15) is 52.1 Å². The molecule has 12 heteroatoms. The van der Waals surface area contributed by atoms with E-state index < -0.39 is 22.9 Å². The number of alkyl carbamates (subject to hydrolysis) is 1. The Labute approximate surface area is 243 Å². The Morgan fingerprint density at radius 3 is 2.64 bits per heavy atom. The van der Waals surface area contributed by atoms with E-state index in [0.717, 1.165) is 34.0 Å². The summed E-state index contributed by atoms with van der Waals surface area (Å²) >= 11 is 0. The second-order valence-electron chi connectivity index (χ2n) is 11.5. The fraction of sp³-hybridized carbons (Fsp3) is 0.467. The van der Waals surface area contributed by atoms with E-state index in [2.05, 4.69) is 17.2 Å². The molecule has 0 saturated carbocycles. The highest BCUT2D eigenvalue weighted by atomic mass is 16.6. The summed E-state index contributed by atoms with van der Waals surface area (Å²) in [6, 6.07) is 7.58. The Hall–Kier alpha value is -4.66. The third-order valence-electron chi connectivity index (χ3n) is 7.19. The van der Waals surface area contributed by atoms with E-state index in [9.17, 15) is 14.4 Å². The van der Waals surface area contributed by atoms with E-state index in [1.807, 2.05) is 56.9 Å². The number of nitrogens with zero attached hydrogens (tertiary/aromatic N) is 7. The van der Waals surface area contributed by atoms with Crippen LogP contribution in [0.3, 0.4) is 0 Å². The monoisotopic (exact) mass is 572 g/mol. The number of benzene rings is 1. The first-order chi connectivity index (χ1) is 20.0. The maximum absolute atomic E-state index is 13.8. The summed E-state index contributed by atoms with van der Waals surface area (Å²) < 4.78 is 9.75. The van der Waals surface area contributed by atoms with Crippen molar-refractivity contribution in [3.05, 3.63) is 56.6 Å². The molecule has 1 aliphatic heterocycles. The number of carbonyl (C=O) groups is 1. The maximum atomic E-state index is 13.8. The van der Waals surface area contributed by atoms with Gasteiger partial charge in [0, 0.05) is 37.3 Å². The molecule has 0 aliphatic carbocycles. The van der Waals surface area contributed by atoms with Gasteiger partial charge in [0.1, 0.15) is 11.4 Å². The van der Waals surface area contributed by atoms with Crippen molar-refractivity contribution >= 4 is 34.1 Å². The van der Waals surface area contributed by atoms with Gasteiger partial charge in [0.25, 0.3) is 5.56 Å². The van der Waals surface area contributed by atoms with Crippen LogP contribution in [0.15, 0.2) is 33.9 Å². The van der Waals surface area contributed by atoms with Crippen molar-refractivity contribution in [1.82, 2.24) is 34.0 Å². The fourth-order valence-electron chi connectivity index (χ4n) is 5.31. The Balaban J connectivity index is 1.62. The highest BCUT2D eigenvalue weighted by Gasteiger charge is 2.29. The lowest BCUT2D eigenvalue weighted by Gasteiger charge is -2.34. The SMILES string of the molecule is CC#CCn1c(=O)c2c(nc(N3CCC[C@@H](NC(=O)OC(C)(C)C)C3)n2Cc2nc(C)c3ccccc3n2)n(C)c1=O. The van der Waals surface area contributed by atoms with Crippen LogP contribution in [0.4, 0.5) is 10.7 Å². The van der Waals surface area contributed by atoms with Crippen LogP contribution in [0.25, 0.3) is 22.1 Å². The van der Waals surface area contributed by atoms with Crippen molar-refractivity contribution < 1.29 is 9.53 Å². The molecule has 1 saturated heterocycles. The normalized spacial score (nSPS) is 15.5. The molecule has 5 rings (SSSR count). The zero-order chi connectivity index (χ0) is 30.2. The summed E-state index contributed by atoms with van der Waals surface area (Å²) in [7, 11) is 1.60. The van der Waals surface area contributed by atoms with Crippen molar-refractivity contribution in [2.45, 2.75) is 72.2 Å². The Morgan fingerprint density at radius 2 is 1.90 bits per heavy atom. The molecule has 1 aliphatic rings. The number of rotatable bonds is 5. The summed E-state index contributed by atoms with van der Waals surface area (Å²) in [6.45, 7) is 10.3. The molecule has 4 heterocycles. The Kier molecular flexibility index (Phi) is 7.77. The number of amides is 1. The van der Waals surface area contributed by atoms with E-state index in [4.69, 9.17) is 19.7 Å². The van der Waals surface area contributed by atoms with Crippen LogP contribution >= 0.6 is 0 Å². The van der Waals surface area contributed by atoms with Crippen LogP contribution in [0.5, 0.6) is 0 Å². The van der Waals surface area contributed by atoms with Gasteiger partial charge in [-0.25, -0.2) is 24.1 Å². The van der Waals surface area contributed by atoms with Crippen molar-refractivity contribution in [3.63, 3.8) is 0 Å². The fourth-order valence-corrected chi connectivity index (χ4v) is 5.31. The largest absolute Gasteiger partial charge is 0.444 e. The molecule has 0 radical (unpaired) electrons. The van der Waals surface area contributed by atoms with Gasteiger partial charge in [-0.15, -0.1) is 5.92 Å². The van der Waals surface area contributed by atoms with Crippen molar-refractivity contribution in [1.29, 1.82) is 0 Å². The number of nitrogens with one attached hydrogen (secondary N) is 1. The molecule has 1 amide bonds. The number of para-hydroxylation sites is 1. The van der Waals surface area contributed by atoms with Gasteiger partial charge in [-0.1, -0.05) is 24.1 Å². The lowest BCUT2D eigenvalue weighted by atomic mass is 10.1. The van der Waals surface area contributed by atoms with E-state index >= 15 is 0 Å². The molecule has 0 bridgehead atoms. The minimum Gasteiger partial charge on any atom is -0.444 e. The predicted octanol–water partition coefficient (Wildman–Crippen LogP) is 2.71. The second kappa shape index (κ2) is 11.3. The van der Waals surface area contributed by atoms with E-state index in [0.29, 0.717) is 24.9 Å². The van der Waals surface area contributed by atoms with Gasteiger partial charge < -0.3 is 15.0 Å². The number of aromatic nitrogens is 6. The van der Waals surface area contributed by atoms with Crippen LogP contribution in [-0.2, 0) is 24.9 Å². The molecule has 3 aromatic heterocycles. The summed E-state index contributed by atoms with van der Waals surface area (Å²) in [5, 5.41) is 3.92. The van der Waals surface area contributed by atoms with E-state index in [-0.39, 0.29) is 30.3 Å². The van der Waals surface area contributed by atoms with E-state index in [1.54, 1.807) is 18.5 Å². The summed E-state index contributed by atoms with van der Waals surface area (Å²) in [5.74, 6) is 6.60. The number of hydrogen-bond acceptors (Lipinski definition) is 8. The van der Waals surface area contributed by atoms with Crippen molar-refractivity contribution in [2.24, 2.45) is 7.05 Å². The molecule has 1 atom stereocenters. The Morgan fingerprint density at radius 1 is 1.14 bits per heavy atom. The highest BCUT2D eigenvalue weighted by molar-refractivity contribution is 5.80.